The third-order valence-corrected chi connectivity index (χ3v) is 3.35. The van der Waals surface area contributed by atoms with Crippen molar-refractivity contribution in [2.24, 2.45) is 0 Å². The normalized spacial score (nSPS) is 10.4. The Morgan fingerprint density at radius 3 is 2.54 bits per heavy atom. The maximum absolute atomic E-state index is 11.6. The molecule has 0 atom stereocenters. The molecule has 2 rings (SSSR count). The van der Waals surface area contributed by atoms with Crippen LogP contribution in [0.4, 0.5) is 0 Å². The molecule has 0 spiro atoms. The van der Waals surface area contributed by atoms with Crippen molar-refractivity contribution < 1.29 is 23.8 Å². The third kappa shape index (κ3) is 5.62. The van der Waals surface area contributed by atoms with E-state index in [0.717, 1.165) is 37.3 Å². The fourth-order valence-corrected chi connectivity index (χ4v) is 2.11. The van der Waals surface area contributed by atoms with Gasteiger partial charge in [0.25, 0.3) is 0 Å². The van der Waals surface area contributed by atoms with E-state index < -0.39 is 17.2 Å². The number of hydrogen-bond donors (Lipinski definition) is 1. The Morgan fingerprint density at radius 1 is 1.12 bits per heavy atom. The standard InChI is InChI=1S/C17H17ClO6/c18-12-5-4-6-13(9-12)22-7-2-1-3-8-23-16-11-24-15(17(20)21)10-14(16)19/h4-6,9-11H,1-3,7-8H2,(H,20,21). The summed E-state index contributed by atoms with van der Waals surface area (Å²) >= 11 is 5.86. The van der Waals surface area contributed by atoms with Gasteiger partial charge < -0.3 is 19.0 Å². The molecule has 0 saturated carbocycles. The van der Waals surface area contributed by atoms with Crippen LogP contribution in [0.2, 0.25) is 5.02 Å². The van der Waals surface area contributed by atoms with E-state index in [1.165, 1.54) is 0 Å². The molecule has 2 aromatic rings. The van der Waals surface area contributed by atoms with Gasteiger partial charge in [-0.3, -0.25) is 4.79 Å². The predicted octanol–water partition coefficient (Wildman–Crippen LogP) is 3.62. The van der Waals surface area contributed by atoms with Crippen LogP contribution in [0.3, 0.4) is 0 Å². The van der Waals surface area contributed by atoms with Crippen LogP contribution in [0.5, 0.6) is 11.5 Å². The van der Waals surface area contributed by atoms with E-state index in [4.69, 9.17) is 30.6 Å². The minimum Gasteiger partial charge on any atom is -0.494 e. The zero-order chi connectivity index (χ0) is 17.4. The fraction of sp³-hybridized carbons (Fsp3) is 0.294. The molecule has 128 valence electrons. The van der Waals surface area contributed by atoms with E-state index in [0.29, 0.717) is 18.2 Å². The maximum Gasteiger partial charge on any atom is 0.371 e. The largest absolute Gasteiger partial charge is 0.494 e. The lowest BCUT2D eigenvalue weighted by Crippen LogP contribution is -2.11. The molecule has 1 aromatic heterocycles. The predicted molar refractivity (Wildman–Crippen MR) is 88.2 cm³/mol. The number of aromatic carboxylic acids is 1. The lowest BCUT2D eigenvalue weighted by molar-refractivity contribution is 0.0658. The van der Waals surface area contributed by atoms with Crippen LogP contribution in [0.25, 0.3) is 0 Å². The smallest absolute Gasteiger partial charge is 0.371 e. The summed E-state index contributed by atoms with van der Waals surface area (Å²) < 4.78 is 15.7. The summed E-state index contributed by atoms with van der Waals surface area (Å²) in [5.74, 6) is -0.964. The van der Waals surface area contributed by atoms with Gasteiger partial charge in [0.05, 0.1) is 13.2 Å². The Morgan fingerprint density at radius 2 is 1.88 bits per heavy atom. The number of carboxylic acids is 1. The minimum atomic E-state index is -1.29. The molecular formula is C17H17ClO6. The van der Waals surface area contributed by atoms with Gasteiger partial charge >= 0.3 is 5.97 Å². The number of ether oxygens (including phenoxy) is 2. The molecule has 0 unspecified atom stereocenters. The summed E-state index contributed by atoms with van der Waals surface area (Å²) in [7, 11) is 0. The number of carboxylic acid groups (broad SMARTS) is 1. The number of carbonyl (C=O) groups is 1. The molecule has 0 aliphatic carbocycles. The molecule has 1 N–H and O–H groups in total. The minimum absolute atomic E-state index is 0.00942. The van der Waals surface area contributed by atoms with E-state index >= 15 is 0 Å². The van der Waals surface area contributed by atoms with Gasteiger partial charge in [0.15, 0.2) is 0 Å². The fourth-order valence-electron chi connectivity index (χ4n) is 1.93. The first-order chi connectivity index (χ1) is 11.6. The van der Waals surface area contributed by atoms with E-state index in [2.05, 4.69) is 0 Å². The van der Waals surface area contributed by atoms with Crippen molar-refractivity contribution in [3.8, 4) is 11.5 Å². The van der Waals surface area contributed by atoms with E-state index in [1.54, 1.807) is 12.1 Å². The highest BCUT2D eigenvalue weighted by molar-refractivity contribution is 6.30. The van der Waals surface area contributed by atoms with Crippen LogP contribution >= 0.6 is 11.6 Å². The first-order valence-electron chi connectivity index (χ1n) is 7.43. The van der Waals surface area contributed by atoms with E-state index in [1.807, 2.05) is 12.1 Å². The van der Waals surface area contributed by atoms with Crippen LogP contribution < -0.4 is 14.9 Å². The second-order valence-electron chi connectivity index (χ2n) is 4.99. The van der Waals surface area contributed by atoms with Gasteiger partial charge in [-0.2, -0.15) is 0 Å². The molecule has 0 bridgehead atoms. The molecule has 7 heteroatoms. The van der Waals surface area contributed by atoms with Crippen LogP contribution in [0, 0.1) is 0 Å². The molecule has 0 fully saturated rings. The molecule has 1 aromatic carbocycles. The summed E-state index contributed by atoms with van der Waals surface area (Å²) in [4.78, 5) is 22.3. The summed E-state index contributed by atoms with van der Waals surface area (Å²) in [6.45, 7) is 0.907. The van der Waals surface area contributed by atoms with Crippen molar-refractivity contribution in [3.05, 3.63) is 57.6 Å². The van der Waals surface area contributed by atoms with Crippen molar-refractivity contribution >= 4 is 17.6 Å². The Labute approximate surface area is 143 Å². The maximum atomic E-state index is 11.6. The third-order valence-electron chi connectivity index (χ3n) is 3.12. The molecule has 24 heavy (non-hydrogen) atoms. The Bertz CT molecular complexity index is 740. The van der Waals surface area contributed by atoms with Gasteiger partial charge in [0.1, 0.15) is 12.0 Å². The first kappa shape index (κ1) is 17.9. The Hall–Kier alpha value is -2.47. The summed E-state index contributed by atoms with van der Waals surface area (Å²) in [5, 5.41) is 9.33. The Kier molecular flexibility index (Phi) is 6.69. The zero-order valence-electron chi connectivity index (χ0n) is 12.9. The topological polar surface area (TPSA) is 86.0 Å². The number of benzene rings is 1. The second-order valence-corrected chi connectivity index (χ2v) is 5.43. The van der Waals surface area contributed by atoms with Gasteiger partial charge in [-0.25, -0.2) is 4.79 Å². The molecule has 0 aliphatic rings. The van der Waals surface area contributed by atoms with Gasteiger partial charge in [-0.05, 0) is 37.5 Å². The number of halogens is 1. The van der Waals surface area contributed by atoms with Crippen LogP contribution in [-0.2, 0) is 0 Å². The summed E-state index contributed by atoms with van der Waals surface area (Å²) in [5.41, 5.74) is -0.511. The van der Waals surface area contributed by atoms with E-state index in [9.17, 15) is 9.59 Å². The van der Waals surface area contributed by atoms with Crippen molar-refractivity contribution in [2.45, 2.75) is 19.3 Å². The molecule has 0 radical (unpaired) electrons. The van der Waals surface area contributed by atoms with E-state index in [-0.39, 0.29) is 5.75 Å². The summed E-state index contributed by atoms with van der Waals surface area (Å²) in [6.07, 6.45) is 3.45. The van der Waals surface area contributed by atoms with Gasteiger partial charge in [-0.1, -0.05) is 17.7 Å². The molecule has 0 saturated heterocycles. The average Bonchev–Trinajstić information content (AvgIpc) is 2.55. The van der Waals surface area contributed by atoms with Crippen molar-refractivity contribution in [1.82, 2.24) is 0 Å². The molecule has 0 aliphatic heterocycles. The highest BCUT2D eigenvalue weighted by Crippen LogP contribution is 2.17. The quantitative estimate of drug-likeness (QED) is 0.694. The first-order valence-corrected chi connectivity index (χ1v) is 7.81. The highest BCUT2D eigenvalue weighted by atomic mass is 35.5. The summed E-state index contributed by atoms with van der Waals surface area (Å²) in [6, 6.07) is 8.11. The van der Waals surface area contributed by atoms with Gasteiger partial charge in [-0.15, -0.1) is 0 Å². The van der Waals surface area contributed by atoms with Gasteiger partial charge in [0, 0.05) is 11.1 Å². The van der Waals surface area contributed by atoms with Crippen LogP contribution in [0.15, 0.2) is 45.8 Å². The lowest BCUT2D eigenvalue weighted by Gasteiger charge is -2.07. The van der Waals surface area contributed by atoms with Gasteiger partial charge in [0.2, 0.25) is 16.9 Å². The monoisotopic (exact) mass is 352 g/mol. The van der Waals surface area contributed by atoms with Crippen molar-refractivity contribution in [2.75, 3.05) is 13.2 Å². The van der Waals surface area contributed by atoms with Crippen molar-refractivity contribution in [1.29, 1.82) is 0 Å². The molecule has 1 heterocycles. The average molecular weight is 353 g/mol. The molecule has 6 nitrogen and oxygen atoms in total. The second kappa shape index (κ2) is 8.98. The molecule has 0 amide bonds. The lowest BCUT2D eigenvalue weighted by atomic mass is 10.2. The van der Waals surface area contributed by atoms with Crippen LogP contribution in [0.1, 0.15) is 29.8 Å². The number of rotatable bonds is 9. The van der Waals surface area contributed by atoms with Crippen LogP contribution in [-0.4, -0.2) is 24.3 Å². The number of unbranched alkanes of at least 4 members (excludes halogenated alkanes) is 2. The number of hydrogen-bond acceptors (Lipinski definition) is 5. The Balaban J connectivity index is 1.63. The zero-order valence-corrected chi connectivity index (χ0v) is 13.6. The highest BCUT2D eigenvalue weighted by Gasteiger charge is 2.09. The van der Waals surface area contributed by atoms with Crippen molar-refractivity contribution in [3.63, 3.8) is 0 Å². The SMILES string of the molecule is O=C(O)c1cc(=O)c(OCCCCCOc2cccc(Cl)c2)co1. The molecular weight excluding hydrogens is 336 g/mol.